The lowest BCUT2D eigenvalue weighted by molar-refractivity contribution is -0.126. The number of hydrogen-bond donors (Lipinski definition) is 3. The first-order valence-electron chi connectivity index (χ1n) is 8.29. The third kappa shape index (κ3) is 4.82. The van der Waals surface area contributed by atoms with Crippen LogP contribution < -0.4 is 16.4 Å². The molecule has 0 radical (unpaired) electrons. The van der Waals surface area contributed by atoms with Crippen LogP contribution in [-0.2, 0) is 9.53 Å². The van der Waals surface area contributed by atoms with Crippen LogP contribution in [0.1, 0.15) is 23.2 Å². The zero-order chi connectivity index (χ0) is 17.6. The molecule has 1 saturated heterocycles. The molecule has 1 aliphatic heterocycles. The van der Waals surface area contributed by atoms with E-state index in [1.54, 1.807) is 48.5 Å². The molecule has 1 fully saturated rings. The molecule has 7 heteroatoms. The summed E-state index contributed by atoms with van der Waals surface area (Å²) in [6.07, 6.45) is 0.850. The number of rotatable bonds is 5. The van der Waals surface area contributed by atoms with E-state index >= 15 is 0 Å². The smallest absolute Gasteiger partial charge is 0.255 e. The molecule has 4 N–H and O–H groups in total. The maximum atomic E-state index is 12.4. The standard InChI is InChI=1S/C19H21N3O3.ClH/c20-12-14-10-11-17(25-14)19(24)22-16-9-5-4-8-15(16)21-18(23)13-6-2-1-3-7-13;/h1-9,14,17H,10-12,20H2,(H,21,23)(H,22,24);1H/t14-,17+;/m1./s1. The minimum atomic E-state index is -0.508. The number of para-hydroxylation sites is 2. The van der Waals surface area contributed by atoms with Crippen molar-refractivity contribution in [3.8, 4) is 0 Å². The number of benzene rings is 2. The molecule has 2 amide bonds. The van der Waals surface area contributed by atoms with Crippen molar-refractivity contribution in [1.82, 2.24) is 0 Å². The van der Waals surface area contributed by atoms with Crippen LogP contribution in [-0.4, -0.2) is 30.6 Å². The second kappa shape index (κ2) is 9.33. The van der Waals surface area contributed by atoms with Gasteiger partial charge < -0.3 is 21.1 Å². The summed E-state index contributed by atoms with van der Waals surface area (Å²) < 4.78 is 5.61. The Bertz CT molecular complexity index is 755. The lowest BCUT2D eigenvalue weighted by atomic mass is 10.1. The molecular weight excluding hydrogens is 354 g/mol. The van der Waals surface area contributed by atoms with E-state index in [2.05, 4.69) is 10.6 Å². The lowest BCUT2D eigenvalue weighted by Gasteiger charge is -2.15. The van der Waals surface area contributed by atoms with E-state index in [9.17, 15) is 9.59 Å². The average molecular weight is 376 g/mol. The Morgan fingerprint density at radius 1 is 0.962 bits per heavy atom. The van der Waals surface area contributed by atoms with Crippen molar-refractivity contribution in [3.63, 3.8) is 0 Å². The second-order valence-corrected chi connectivity index (χ2v) is 5.91. The molecule has 26 heavy (non-hydrogen) atoms. The van der Waals surface area contributed by atoms with Crippen molar-refractivity contribution in [1.29, 1.82) is 0 Å². The van der Waals surface area contributed by atoms with E-state index in [1.165, 1.54) is 0 Å². The van der Waals surface area contributed by atoms with Gasteiger partial charge in [-0.1, -0.05) is 30.3 Å². The van der Waals surface area contributed by atoms with Gasteiger partial charge in [0, 0.05) is 12.1 Å². The lowest BCUT2D eigenvalue weighted by Crippen LogP contribution is -2.30. The monoisotopic (exact) mass is 375 g/mol. The van der Waals surface area contributed by atoms with Gasteiger partial charge in [-0.15, -0.1) is 12.4 Å². The van der Waals surface area contributed by atoms with Crippen LogP contribution in [0.3, 0.4) is 0 Å². The fourth-order valence-electron chi connectivity index (χ4n) is 2.77. The molecule has 0 spiro atoms. The Morgan fingerprint density at radius 2 is 1.58 bits per heavy atom. The summed E-state index contributed by atoms with van der Waals surface area (Å²) in [6, 6.07) is 16.0. The highest BCUT2D eigenvalue weighted by Gasteiger charge is 2.30. The molecule has 1 aliphatic rings. The van der Waals surface area contributed by atoms with Gasteiger partial charge in [-0.05, 0) is 37.1 Å². The Morgan fingerprint density at radius 3 is 2.19 bits per heavy atom. The third-order valence-electron chi connectivity index (χ3n) is 4.13. The van der Waals surface area contributed by atoms with E-state index in [0.29, 0.717) is 29.9 Å². The van der Waals surface area contributed by atoms with Gasteiger partial charge in [0.25, 0.3) is 11.8 Å². The molecule has 0 aliphatic carbocycles. The predicted molar refractivity (Wildman–Crippen MR) is 104 cm³/mol. The van der Waals surface area contributed by atoms with Gasteiger partial charge in [-0.3, -0.25) is 9.59 Å². The molecule has 0 saturated carbocycles. The number of nitrogens with one attached hydrogen (secondary N) is 2. The number of carbonyl (C=O) groups is 2. The Kier molecular flexibility index (Phi) is 7.15. The fourth-order valence-corrected chi connectivity index (χ4v) is 2.77. The summed E-state index contributed by atoms with van der Waals surface area (Å²) >= 11 is 0. The highest BCUT2D eigenvalue weighted by atomic mass is 35.5. The highest BCUT2D eigenvalue weighted by Crippen LogP contribution is 2.25. The summed E-state index contributed by atoms with van der Waals surface area (Å²) in [4.78, 5) is 24.7. The van der Waals surface area contributed by atoms with Crippen molar-refractivity contribution < 1.29 is 14.3 Å². The third-order valence-corrected chi connectivity index (χ3v) is 4.13. The zero-order valence-corrected chi connectivity index (χ0v) is 15.0. The van der Waals surface area contributed by atoms with Crippen LogP contribution in [0, 0.1) is 0 Å². The number of halogens is 1. The Hall–Kier alpha value is -2.41. The Labute approximate surface area is 158 Å². The summed E-state index contributed by atoms with van der Waals surface area (Å²) in [5.74, 6) is -0.458. The van der Waals surface area contributed by atoms with E-state index in [-0.39, 0.29) is 30.3 Å². The first kappa shape index (κ1) is 19.9. The summed E-state index contributed by atoms with van der Waals surface area (Å²) in [7, 11) is 0. The van der Waals surface area contributed by atoms with Gasteiger partial charge in [0.1, 0.15) is 6.10 Å². The van der Waals surface area contributed by atoms with Gasteiger partial charge in [-0.2, -0.15) is 0 Å². The SMILES string of the molecule is Cl.NC[C@H]1CC[C@@H](C(=O)Nc2ccccc2NC(=O)c2ccccc2)O1. The zero-order valence-electron chi connectivity index (χ0n) is 14.2. The quantitative estimate of drug-likeness (QED) is 0.749. The molecule has 138 valence electrons. The Balaban J connectivity index is 0.00000243. The average Bonchev–Trinajstić information content (AvgIpc) is 3.13. The molecule has 2 atom stereocenters. The number of carbonyl (C=O) groups excluding carboxylic acids is 2. The van der Waals surface area contributed by atoms with Crippen LogP contribution in [0.2, 0.25) is 0 Å². The van der Waals surface area contributed by atoms with Crippen molar-refractivity contribution >= 4 is 35.6 Å². The first-order chi connectivity index (χ1) is 12.2. The molecule has 1 heterocycles. The number of ether oxygens (including phenoxy) is 1. The molecular formula is C19H22ClN3O3. The van der Waals surface area contributed by atoms with E-state index < -0.39 is 6.10 Å². The number of amides is 2. The van der Waals surface area contributed by atoms with Crippen LogP contribution >= 0.6 is 12.4 Å². The van der Waals surface area contributed by atoms with Gasteiger partial charge in [-0.25, -0.2) is 0 Å². The number of hydrogen-bond acceptors (Lipinski definition) is 4. The molecule has 0 bridgehead atoms. The van der Waals surface area contributed by atoms with Gasteiger partial charge >= 0.3 is 0 Å². The van der Waals surface area contributed by atoms with Crippen molar-refractivity contribution in [2.24, 2.45) is 5.73 Å². The second-order valence-electron chi connectivity index (χ2n) is 5.91. The van der Waals surface area contributed by atoms with Crippen molar-refractivity contribution in [3.05, 3.63) is 60.2 Å². The maximum absolute atomic E-state index is 12.4. The highest BCUT2D eigenvalue weighted by molar-refractivity contribution is 6.07. The predicted octanol–water partition coefficient (Wildman–Crippen LogP) is 2.81. The molecule has 0 unspecified atom stereocenters. The first-order valence-corrected chi connectivity index (χ1v) is 8.29. The van der Waals surface area contributed by atoms with E-state index in [0.717, 1.165) is 6.42 Å². The van der Waals surface area contributed by atoms with Crippen molar-refractivity contribution in [2.45, 2.75) is 25.0 Å². The van der Waals surface area contributed by atoms with Crippen molar-refractivity contribution in [2.75, 3.05) is 17.2 Å². The topological polar surface area (TPSA) is 93.5 Å². The maximum Gasteiger partial charge on any atom is 0.255 e. The van der Waals surface area contributed by atoms with Crippen LogP contribution in [0.15, 0.2) is 54.6 Å². The normalized spacial score (nSPS) is 18.7. The van der Waals surface area contributed by atoms with Gasteiger partial charge in [0.15, 0.2) is 0 Å². The minimum Gasteiger partial charge on any atom is -0.364 e. The molecule has 2 aromatic rings. The molecule has 2 aromatic carbocycles. The van der Waals surface area contributed by atoms with Crippen LogP contribution in [0.4, 0.5) is 11.4 Å². The summed E-state index contributed by atoms with van der Waals surface area (Å²) in [5.41, 5.74) is 7.21. The number of nitrogens with two attached hydrogens (primary N) is 1. The minimum absolute atomic E-state index is 0. The number of anilines is 2. The summed E-state index contributed by atoms with van der Waals surface area (Å²) in [5, 5.41) is 5.66. The van der Waals surface area contributed by atoms with Crippen LogP contribution in [0.25, 0.3) is 0 Å². The summed E-state index contributed by atoms with van der Waals surface area (Å²) in [6.45, 7) is 0.410. The molecule has 6 nitrogen and oxygen atoms in total. The molecule has 3 rings (SSSR count). The van der Waals surface area contributed by atoms with E-state index in [4.69, 9.17) is 10.5 Å². The largest absolute Gasteiger partial charge is 0.364 e. The van der Waals surface area contributed by atoms with Gasteiger partial charge in [0.05, 0.1) is 17.5 Å². The van der Waals surface area contributed by atoms with Gasteiger partial charge in [0.2, 0.25) is 0 Å². The fraction of sp³-hybridized carbons (Fsp3) is 0.263. The van der Waals surface area contributed by atoms with E-state index in [1.807, 2.05) is 6.07 Å². The van der Waals surface area contributed by atoms with Crippen LogP contribution in [0.5, 0.6) is 0 Å². The molecule has 0 aromatic heterocycles.